The van der Waals surface area contributed by atoms with E-state index in [1.54, 1.807) is 6.07 Å². The summed E-state index contributed by atoms with van der Waals surface area (Å²) in [7, 11) is 0. The zero-order chi connectivity index (χ0) is 12.0. The maximum atomic E-state index is 12.3. The van der Waals surface area contributed by atoms with Crippen LogP contribution in [0, 0.1) is 0 Å². The standard InChI is InChI=1S/C14H12N2O/c15-11-6-5-9-7-8-3-1-2-4-10(8)14(17)12(9)13(11)16/h1-6H,7,15-16H2. The molecule has 84 valence electrons. The van der Waals surface area contributed by atoms with Crippen molar-refractivity contribution in [2.75, 3.05) is 11.5 Å². The van der Waals surface area contributed by atoms with E-state index in [-0.39, 0.29) is 5.78 Å². The number of fused-ring (bicyclic) bond motifs is 2. The Balaban J connectivity index is 2.28. The number of rotatable bonds is 0. The number of carbonyl (C=O) groups is 1. The highest BCUT2D eigenvalue weighted by Crippen LogP contribution is 2.33. The normalized spacial score (nSPS) is 13.1. The Hall–Kier alpha value is -2.29. The SMILES string of the molecule is Nc1ccc2c(c1N)C(=O)c1ccccc1C2. The van der Waals surface area contributed by atoms with Crippen LogP contribution < -0.4 is 11.5 Å². The molecule has 0 radical (unpaired) electrons. The van der Waals surface area contributed by atoms with Gasteiger partial charge in [0.2, 0.25) is 0 Å². The largest absolute Gasteiger partial charge is 0.397 e. The number of anilines is 2. The van der Waals surface area contributed by atoms with E-state index in [0.29, 0.717) is 16.9 Å². The van der Waals surface area contributed by atoms with Gasteiger partial charge in [0.25, 0.3) is 0 Å². The van der Waals surface area contributed by atoms with Crippen LogP contribution >= 0.6 is 0 Å². The zero-order valence-electron chi connectivity index (χ0n) is 9.23. The fourth-order valence-corrected chi connectivity index (χ4v) is 2.33. The minimum absolute atomic E-state index is 0.0216. The third kappa shape index (κ3) is 1.32. The van der Waals surface area contributed by atoms with Gasteiger partial charge in [0.15, 0.2) is 5.78 Å². The number of hydrogen-bond acceptors (Lipinski definition) is 3. The van der Waals surface area contributed by atoms with E-state index in [2.05, 4.69) is 0 Å². The minimum Gasteiger partial charge on any atom is -0.397 e. The number of nitrogens with two attached hydrogens (primary N) is 2. The molecule has 0 atom stereocenters. The lowest BCUT2D eigenvalue weighted by molar-refractivity contribution is 0.103. The molecule has 17 heavy (non-hydrogen) atoms. The van der Waals surface area contributed by atoms with Crippen LogP contribution in [-0.4, -0.2) is 5.78 Å². The first-order valence-electron chi connectivity index (χ1n) is 5.48. The van der Waals surface area contributed by atoms with Crippen LogP contribution in [0.25, 0.3) is 0 Å². The van der Waals surface area contributed by atoms with E-state index in [1.165, 1.54) is 0 Å². The molecule has 0 aliphatic heterocycles. The molecule has 3 rings (SSSR count). The highest BCUT2D eigenvalue weighted by Gasteiger charge is 2.25. The molecule has 3 nitrogen and oxygen atoms in total. The zero-order valence-corrected chi connectivity index (χ0v) is 9.23. The van der Waals surface area contributed by atoms with Gasteiger partial charge >= 0.3 is 0 Å². The van der Waals surface area contributed by atoms with Crippen LogP contribution in [0.2, 0.25) is 0 Å². The maximum Gasteiger partial charge on any atom is 0.195 e. The van der Waals surface area contributed by atoms with E-state index < -0.39 is 0 Å². The lowest BCUT2D eigenvalue weighted by Gasteiger charge is -2.20. The maximum absolute atomic E-state index is 12.3. The van der Waals surface area contributed by atoms with Crippen molar-refractivity contribution in [2.45, 2.75) is 6.42 Å². The van der Waals surface area contributed by atoms with Crippen molar-refractivity contribution < 1.29 is 4.79 Å². The van der Waals surface area contributed by atoms with Crippen LogP contribution in [0.1, 0.15) is 27.0 Å². The molecule has 1 aliphatic carbocycles. The lowest BCUT2D eigenvalue weighted by atomic mass is 9.84. The van der Waals surface area contributed by atoms with Crippen molar-refractivity contribution in [3.05, 3.63) is 58.7 Å². The Morgan fingerprint density at radius 2 is 1.71 bits per heavy atom. The van der Waals surface area contributed by atoms with Crippen LogP contribution in [0.15, 0.2) is 36.4 Å². The Labute approximate surface area is 99.1 Å². The van der Waals surface area contributed by atoms with Crippen LogP contribution in [0.4, 0.5) is 11.4 Å². The molecule has 1 aliphatic rings. The summed E-state index contributed by atoms with van der Waals surface area (Å²) >= 11 is 0. The second-order valence-corrected chi connectivity index (χ2v) is 4.27. The number of ketones is 1. The molecule has 0 spiro atoms. The summed E-state index contributed by atoms with van der Waals surface area (Å²) in [6.45, 7) is 0. The Morgan fingerprint density at radius 1 is 0.941 bits per heavy atom. The molecule has 0 saturated heterocycles. The summed E-state index contributed by atoms with van der Waals surface area (Å²) in [5.74, 6) is -0.0216. The summed E-state index contributed by atoms with van der Waals surface area (Å²) in [5, 5.41) is 0. The van der Waals surface area contributed by atoms with E-state index in [0.717, 1.165) is 23.1 Å². The van der Waals surface area contributed by atoms with Gasteiger partial charge in [0, 0.05) is 5.56 Å². The van der Waals surface area contributed by atoms with Crippen LogP contribution in [0.3, 0.4) is 0 Å². The molecular formula is C14H12N2O. The van der Waals surface area contributed by atoms with Gasteiger partial charge < -0.3 is 11.5 Å². The highest BCUT2D eigenvalue weighted by atomic mass is 16.1. The molecule has 3 heteroatoms. The average molecular weight is 224 g/mol. The first kappa shape index (κ1) is 9.90. The average Bonchev–Trinajstić information content (AvgIpc) is 2.34. The van der Waals surface area contributed by atoms with E-state index in [4.69, 9.17) is 11.5 Å². The van der Waals surface area contributed by atoms with Gasteiger partial charge in [0.1, 0.15) is 0 Å². The lowest BCUT2D eigenvalue weighted by Crippen LogP contribution is -2.17. The van der Waals surface area contributed by atoms with Gasteiger partial charge in [-0.2, -0.15) is 0 Å². The summed E-state index contributed by atoms with van der Waals surface area (Å²) < 4.78 is 0. The van der Waals surface area contributed by atoms with Crippen molar-refractivity contribution in [3.8, 4) is 0 Å². The van der Waals surface area contributed by atoms with Crippen molar-refractivity contribution in [1.82, 2.24) is 0 Å². The quantitative estimate of drug-likeness (QED) is 0.574. The summed E-state index contributed by atoms with van der Waals surface area (Å²) in [4.78, 5) is 12.3. The second kappa shape index (κ2) is 3.35. The molecular weight excluding hydrogens is 212 g/mol. The predicted octanol–water partition coefficient (Wildman–Crippen LogP) is 1.99. The van der Waals surface area contributed by atoms with Crippen molar-refractivity contribution >= 4 is 17.2 Å². The van der Waals surface area contributed by atoms with Gasteiger partial charge in [-0.05, 0) is 23.6 Å². The molecule has 0 amide bonds. The third-order valence-electron chi connectivity index (χ3n) is 3.24. The number of hydrogen-bond donors (Lipinski definition) is 2. The fourth-order valence-electron chi connectivity index (χ4n) is 2.33. The highest BCUT2D eigenvalue weighted by molar-refractivity contribution is 6.16. The van der Waals surface area contributed by atoms with Gasteiger partial charge in [0.05, 0.1) is 16.9 Å². The predicted molar refractivity (Wildman–Crippen MR) is 67.9 cm³/mol. The summed E-state index contributed by atoms with van der Waals surface area (Å²) in [5.41, 5.74) is 15.8. The molecule has 4 N–H and O–H groups in total. The Bertz CT molecular complexity index is 632. The topological polar surface area (TPSA) is 69.1 Å². The van der Waals surface area contributed by atoms with Crippen molar-refractivity contribution in [3.63, 3.8) is 0 Å². The van der Waals surface area contributed by atoms with Crippen LogP contribution in [0.5, 0.6) is 0 Å². The van der Waals surface area contributed by atoms with Gasteiger partial charge in [-0.1, -0.05) is 30.3 Å². The summed E-state index contributed by atoms with van der Waals surface area (Å²) in [6.07, 6.45) is 0.738. The van der Waals surface area contributed by atoms with Gasteiger partial charge in [-0.3, -0.25) is 4.79 Å². The minimum atomic E-state index is -0.0216. The van der Waals surface area contributed by atoms with E-state index in [9.17, 15) is 4.79 Å². The fraction of sp³-hybridized carbons (Fsp3) is 0.0714. The smallest absolute Gasteiger partial charge is 0.195 e. The molecule has 0 fully saturated rings. The molecule has 2 aromatic rings. The second-order valence-electron chi connectivity index (χ2n) is 4.27. The number of carbonyl (C=O) groups excluding carboxylic acids is 1. The van der Waals surface area contributed by atoms with Gasteiger partial charge in [-0.25, -0.2) is 0 Å². The molecule has 0 unspecified atom stereocenters. The first-order valence-corrected chi connectivity index (χ1v) is 5.48. The molecule has 2 aromatic carbocycles. The Kier molecular flexibility index (Phi) is 1.95. The van der Waals surface area contributed by atoms with Gasteiger partial charge in [-0.15, -0.1) is 0 Å². The Morgan fingerprint density at radius 3 is 2.53 bits per heavy atom. The molecule has 0 bridgehead atoms. The third-order valence-corrected chi connectivity index (χ3v) is 3.24. The summed E-state index contributed by atoms with van der Waals surface area (Å²) in [6, 6.07) is 11.3. The van der Waals surface area contributed by atoms with Crippen LogP contribution in [-0.2, 0) is 6.42 Å². The van der Waals surface area contributed by atoms with E-state index >= 15 is 0 Å². The molecule has 0 aromatic heterocycles. The van der Waals surface area contributed by atoms with Crippen molar-refractivity contribution in [1.29, 1.82) is 0 Å². The van der Waals surface area contributed by atoms with Crippen molar-refractivity contribution in [2.24, 2.45) is 0 Å². The first-order chi connectivity index (χ1) is 8.18. The monoisotopic (exact) mass is 224 g/mol. The molecule has 0 saturated carbocycles. The van der Waals surface area contributed by atoms with E-state index in [1.807, 2.05) is 30.3 Å². The molecule has 0 heterocycles. The number of benzene rings is 2. The number of nitrogen functional groups attached to an aromatic ring is 2.